The van der Waals surface area contributed by atoms with Crippen molar-refractivity contribution in [2.45, 2.75) is 19.1 Å². The Bertz CT molecular complexity index is 449. The molecule has 1 aliphatic rings. The first-order valence-corrected chi connectivity index (χ1v) is 6.54. The van der Waals surface area contributed by atoms with Crippen LogP contribution in [0.1, 0.15) is 6.92 Å². The van der Waals surface area contributed by atoms with Crippen molar-refractivity contribution in [3.63, 3.8) is 0 Å². The molecule has 1 amide bonds. The number of hydrogen-bond donors (Lipinski definition) is 1. The van der Waals surface area contributed by atoms with Gasteiger partial charge in [-0.1, -0.05) is 12.1 Å². The third-order valence-corrected chi connectivity index (χ3v) is 2.82. The van der Waals surface area contributed by atoms with Crippen LogP contribution in [0.3, 0.4) is 0 Å². The van der Waals surface area contributed by atoms with Crippen molar-refractivity contribution in [3.8, 4) is 5.75 Å². The van der Waals surface area contributed by atoms with Crippen molar-refractivity contribution in [3.05, 3.63) is 30.1 Å². The normalized spacial score (nSPS) is 20.2. The molecule has 6 heteroatoms. The van der Waals surface area contributed by atoms with E-state index in [4.69, 9.17) is 14.2 Å². The Kier molecular flexibility index (Phi) is 5.31. The van der Waals surface area contributed by atoms with E-state index in [1.807, 2.05) is 0 Å². The van der Waals surface area contributed by atoms with Gasteiger partial charge in [-0.15, -0.1) is 0 Å². The van der Waals surface area contributed by atoms with Gasteiger partial charge in [-0.2, -0.15) is 0 Å². The molecule has 2 atom stereocenters. The average Bonchev–Trinajstić information content (AvgIpc) is 2.47. The Morgan fingerprint density at radius 3 is 3.00 bits per heavy atom. The van der Waals surface area contributed by atoms with Gasteiger partial charge in [0.05, 0.1) is 25.9 Å². The SMILES string of the molecule is C[C@H](COc1ccccc1F)NC(=O)[C@H]1COCCO1. The minimum absolute atomic E-state index is 0.172. The highest BCUT2D eigenvalue weighted by atomic mass is 19.1. The van der Waals surface area contributed by atoms with Gasteiger partial charge in [0, 0.05) is 0 Å². The molecule has 0 spiro atoms. The molecule has 0 aliphatic carbocycles. The number of ether oxygens (including phenoxy) is 3. The van der Waals surface area contributed by atoms with E-state index in [0.29, 0.717) is 13.2 Å². The number of para-hydroxylation sites is 1. The summed E-state index contributed by atoms with van der Waals surface area (Å²) in [6.45, 7) is 3.14. The molecule has 20 heavy (non-hydrogen) atoms. The van der Waals surface area contributed by atoms with Gasteiger partial charge in [0.25, 0.3) is 5.91 Å². The second kappa shape index (κ2) is 7.21. The first-order chi connectivity index (χ1) is 9.66. The lowest BCUT2D eigenvalue weighted by molar-refractivity contribution is -0.148. The monoisotopic (exact) mass is 283 g/mol. The van der Waals surface area contributed by atoms with E-state index in [1.165, 1.54) is 6.07 Å². The second-order valence-electron chi connectivity index (χ2n) is 4.59. The number of hydrogen-bond acceptors (Lipinski definition) is 4. The molecular weight excluding hydrogens is 265 g/mol. The van der Waals surface area contributed by atoms with Crippen molar-refractivity contribution < 1.29 is 23.4 Å². The van der Waals surface area contributed by atoms with Crippen LogP contribution in [-0.4, -0.2) is 44.5 Å². The fourth-order valence-electron chi connectivity index (χ4n) is 1.79. The zero-order valence-corrected chi connectivity index (χ0v) is 11.3. The Morgan fingerprint density at radius 1 is 1.50 bits per heavy atom. The molecule has 110 valence electrons. The number of carbonyl (C=O) groups is 1. The molecule has 5 nitrogen and oxygen atoms in total. The molecule has 0 saturated carbocycles. The highest BCUT2D eigenvalue weighted by molar-refractivity contribution is 5.81. The van der Waals surface area contributed by atoms with E-state index in [2.05, 4.69) is 5.32 Å². The molecule has 1 aromatic carbocycles. The zero-order valence-electron chi connectivity index (χ0n) is 11.3. The predicted octanol–water partition coefficient (Wildman–Crippen LogP) is 1.12. The maximum absolute atomic E-state index is 13.3. The van der Waals surface area contributed by atoms with Crippen LogP contribution < -0.4 is 10.1 Å². The Morgan fingerprint density at radius 2 is 2.30 bits per heavy atom. The summed E-state index contributed by atoms with van der Waals surface area (Å²) < 4.78 is 29.1. The van der Waals surface area contributed by atoms with E-state index in [9.17, 15) is 9.18 Å². The van der Waals surface area contributed by atoms with Crippen LogP contribution in [0.15, 0.2) is 24.3 Å². The molecule has 0 aromatic heterocycles. The number of amides is 1. The van der Waals surface area contributed by atoms with Crippen LogP contribution in [-0.2, 0) is 14.3 Å². The Balaban J connectivity index is 1.76. The van der Waals surface area contributed by atoms with Crippen LogP contribution in [0.4, 0.5) is 4.39 Å². The number of nitrogens with one attached hydrogen (secondary N) is 1. The third-order valence-electron chi connectivity index (χ3n) is 2.82. The Labute approximate surface area is 117 Å². The Hall–Kier alpha value is -1.66. The first kappa shape index (κ1) is 14.7. The topological polar surface area (TPSA) is 56.8 Å². The van der Waals surface area contributed by atoms with Crippen molar-refractivity contribution in [1.82, 2.24) is 5.32 Å². The molecule has 1 fully saturated rings. The van der Waals surface area contributed by atoms with Gasteiger partial charge < -0.3 is 19.5 Å². The standard InChI is InChI=1S/C14H18FNO4/c1-10(8-20-12-5-3-2-4-11(12)15)16-14(17)13-9-18-6-7-19-13/h2-5,10,13H,6-9H2,1H3,(H,16,17)/t10-,13-/m1/s1. The number of halogens is 1. The van der Waals surface area contributed by atoms with E-state index >= 15 is 0 Å². The molecule has 1 aliphatic heterocycles. The van der Waals surface area contributed by atoms with E-state index < -0.39 is 11.9 Å². The molecule has 2 rings (SSSR count). The van der Waals surface area contributed by atoms with Gasteiger partial charge in [0.15, 0.2) is 17.7 Å². The quantitative estimate of drug-likeness (QED) is 0.880. The van der Waals surface area contributed by atoms with E-state index in [0.717, 1.165) is 0 Å². The predicted molar refractivity (Wildman–Crippen MR) is 70.1 cm³/mol. The van der Waals surface area contributed by atoms with Gasteiger partial charge in [-0.05, 0) is 19.1 Å². The summed E-state index contributed by atoms with van der Waals surface area (Å²) in [4.78, 5) is 11.8. The van der Waals surface area contributed by atoms with Crippen LogP contribution in [0.2, 0.25) is 0 Å². The summed E-state index contributed by atoms with van der Waals surface area (Å²) in [5, 5.41) is 2.75. The van der Waals surface area contributed by atoms with Crippen molar-refractivity contribution >= 4 is 5.91 Å². The molecule has 0 unspecified atom stereocenters. The lowest BCUT2D eigenvalue weighted by atomic mass is 10.3. The highest BCUT2D eigenvalue weighted by Gasteiger charge is 2.23. The van der Waals surface area contributed by atoms with Crippen LogP contribution >= 0.6 is 0 Å². The van der Waals surface area contributed by atoms with Gasteiger partial charge >= 0.3 is 0 Å². The first-order valence-electron chi connectivity index (χ1n) is 6.54. The summed E-state index contributed by atoms with van der Waals surface area (Å²) >= 11 is 0. The van der Waals surface area contributed by atoms with Crippen molar-refractivity contribution in [2.75, 3.05) is 26.4 Å². The molecular formula is C14H18FNO4. The molecule has 1 N–H and O–H groups in total. The smallest absolute Gasteiger partial charge is 0.251 e. The van der Waals surface area contributed by atoms with E-state index in [1.54, 1.807) is 25.1 Å². The zero-order chi connectivity index (χ0) is 14.4. The summed E-state index contributed by atoms with van der Waals surface area (Å²) in [5.41, 5.74) is 0. The third kappa shape index (κ3) is 4.18. The van der Waals surface area contributed by atoms with Gasteiger partial charge in [0.2, 0.25) is 0 Å². The second-order valence-corrected chi connectivity index (χ2v) is 4.59. The maximum Gasteiger partial charge on any atom is 0.251 e. The molecule has 0 bridgehead atoms. The van der Waals surface area contributed by atoms with Crippen LogP contribution in [0, 0.1) is 5.82 Å². The average molecular weight is 283 g/mol. The van der Waals surface area contributed by atoms with Gasteiger partial charge in [0.1, 0.15) is 6.61 Å². The van der Waals surface area contributed by atoms with Crippen molar-refractivity contribution in [2.24, 2.45) is 0 Å². The lowest BCUT2D eigenvalue weighted by Gasteiger charge is -2.24. The fraction of sp³-hybridized carbons (Fsp3) is 0.500. The minimum Gasteiger partial charge on any atom is -0.488 e. The van der Waals surface area contributed by atoms with Crippen LogP contribution in [0.5, 0.6) is 5.75 Å². The van der Waals surface area contributed by atoms with E-state index in [-0.39, 0.29) is 30.9 Å². The number of rotatable bonds is 5. The fourth-order valence-corrected chi connectivity index (χ4v) is 1.79. The number of carbonyl (C=O) groups excluding carboxylic acids is 1. The van der Waals surface area contributed by atoms with Gasteiger partial charge in [-0.3, -0.25) is 4.79 Å². The van der Waals surface area contributed by atoms with Gasteiger partial charge in [-0.25, -0.2) is 4.39 Å². The van der Waals surface area contributed by atoms with Crippen molar-refractivity contribution in [1.29, 1.82) is 0 Å². The summed E-state index contributed by atoms with van der Waals surface area (Å²) in [6, 6.07) is 5.89. The summed E-state index contributed by atoms with van der Waals surface area (Å²) in [6.07, 6.45) is -0.584. The molecule has 1 aromatic rings. The van der Waals surface area contributed by atoms with Crippen LogP contribution in [0.25, 0.3) is 0 Å². The summed E-state index contributed by atoms with van der Waals surface area (Å²) in [7, 11) is 0. The maximum atomic E-state index is 13.3. The molecule has 1 heterocycles. The lowest BCUT2D eigenvalue weighted by Crippen LogP contribution is -2.47. The highest BCUT2D eigenvalue weighted by Crippen LogP contribution is 2.15. The minimum atomic E-state index is -0.584. The largest absolute Gasteiger partial charge is 0.488 e. The molecule has 1 saturated heterocycles. The summed E-state index contributed by atoms with van der Waals surface area (Å²) in [5.74, 6) is -0.491. The number of benzene rings is 1. The molecule has 0 radical (unpaired) electrons.